The molecule has 2 aliphatic rings. The highest BCUT2D eigenvalue weighted by Gasteiger charge is 2.23. The van der Waals surface area contributed by atoms with E-state index in [2.05, 4.69) is 34.1 Å². The van der Waals surface area contributed by atoms with E-state index in [9.17, 15) is 4.39 Å². The van der Waals surface area contributed by atoms with E-state index in [0.29, 0.717) is 11.4 Å². The maximum absolute atomic E-state index is 14.2. The summed E-state index contributed by atoms with van der Waals surface area (Å²) in [5.74, 6) is 0.569. The molecule has 0 aliphatic carbocycles. The van der Waals surface area contributed by atoms with Crippen LogP contribution in [0.25, 0.3) is 0 Å². The zero-order chi connectivity index (χ0) is 22.2. The molecule has 2 saturated heterocycles. The molecule has 0 atom stereocenters. The fourth-order valence-corrected chi connectivity index (χ4v) is 3.98. The molecule has 0 radical (unpaired) electrons. The fourth-order valence-electron chi connectivity index (χ4n) is 3.98. The van der Waals surface area contributed by atoms with Crippen molar-refractivity contribution in [1.29, 1.82) is 0 Å². The number of hydrogen-bond donors (Lipinski definition) is 1. The summed E-state index contributed by atoms with van der Waals surface area (Å²) in [7, 11) is 1.60. The van der Waals surface area contributed by atoms with Crippen LogP contribution in [0.3, 0.4) is 0 Å². The van der Waals surface area contributed by atoms with Gasteiger partial charge in [-0.25, -0.2) is 4.39 Å². The van der Waals surface area contributed by atoms with Gasteiger partial charge in [0.2, 0.25) is 0 Å². The normalized spacial score (nSPS) is 16.5. The number of piperidine rings is 1. The molecule has 6 nitrogen and oxygen atoms in total. The van der Waals surface area contributed by atoms with E-state index in [4.69, 9.17) is 19.4 Å². The summed E-state index contributed by atoms with van der Waals surface area (Å²) in [5, 5.41) is 7.42. The second kappa shape index (κ2) is 10.9. The predicted octanol–water partition coefficient (Wildman–Crippen LogP) is 4.57. The first-order chi connectivity index (χ1) is 15.0. The predicted molar refractivity (Wildman–Crippen MR) is 120 cm³/mol. The molecule has 2 aromatic rings. The second-order valence-electron chi connectivity index (χ2n) is 7.83. The number of rotatable bonds is 5. The Morgan fingerprint density at radius 2 is 1.55 bits per heavy atom. The van der Waals surface area contributed by atoms with Crippen LogP contribution in [0.4, 0.5) is 15.8 Å². The Bertz CT molecular complexity index is 841. The molecular formula is C24H31FN2O4. The van der Waals surface area contributed by atoms with Crippen LogP contribution in [0.2, 0.25) is 0 Å². The molecule has 2 aliphatic heterocycles. The minimum Gasteiger partial charge on any atom is -0.497 e. The molecule has 31 heavy (non-hydrogen) atoms. The Hall–Kier alpha value is -2.96. The van der Waals surface area contributed by atoms with Gasteiger partial charge in [-0.15, -0.1) is 0 Å². The third kappa shape index (κ3) is 6.51. The number of hydrogen-bond acceptors (Lipinski definition) is 5. The van der Waals surface area contributed by atoms with Gasteiger partial charge in [-0.2, -0.15) is 0 Å². The Balaban J connectivity index is 0.000000628. The lowest BCUT2D eigenvalue weighted by molar-refractivity contribution is -0.134. The van der Waals surface area contributed by atoms with Gasteiger partial charge in [0, 0.05) is 57.7 Å². The van der Waals surface area contributed by atoms with Crippen molar-refractivity contribution in [2.75, 3.05) is 43.1 Å². The molecule has 1 N–H and O–H groups in total. The van der Waals surface area contributed by atoms with Crippen LogP contribution >= 0.6 is 0 Å². The molecule has 0 aromatic heterocycles. The highest BCUT2D eigenvalue weighted by Crippen LogP contribution is 2.29. The van der Waals surface area contributed by atoms with Gasteiger partial charge in [-0.1, -0.05) is 0 Å². The second-order valence-corrected chi connectivity index (χ2v) is 7.83. The van der Waals surface area contributed by atoms with Crippen LogP contribution in [-0.4, -0.2) is 50.5 Å². The first-order valence-corrected chi connectivity index (χ1v) is 10.8. The minimum atomic E-state index is -0.833. The first kappa shape index (κ1) is 22.7. The van der Waals surface area contributed by atoms with E-state index in [1.807, 2.05) is 0 Å². The van der Waals surface area contributed by atoms with Gasteiger partial charge in [0.1, 0.15) is 23.4 Å². The van der Waals surface area contributed by atoms with Gasteiger partial charge < -0.3 is 24.4 Å². The molecule has 0 saturated carbocycles. The number of nitrogens with zero attached hydrogens (tertiary/aromatic N) is 2. The number of anilines is 2. The molecule has 168 valence electrons. The molecule has 4 rings (SSSR count). The average molecular weight is 431 g/mol. The topological polar surface area (TPSA) is 62.2 Å². The van der Waals surface area contributed by atoms with Crippen molar-refractivity contribution in [3.05, 3.63) is 48.3 Å². The quantitative estimate of drug-likeness (QED) is 0.750. The number of ether oxygens (including phenoxy) is 2. The van der Waals surface area contributed by atoms with Crippen molar-refractivity contribution in [2.24, 2.45) is 0 Å². The highest BCUT2D eigenvalue weighted by atomic mass is 19.1. The summed E-state index contributed by atoms with van der Waals surface area (Å²) in [5.41, 5.74) is 1.89. The van der Waals surface area contributed by atoms with Crippen molar-refractivity contribution < 1.29 is 23.8 Å². The van der Waals surface area contributed by atoms with Gasteiger partial charge in [-0.05, 0) is 49.2 Å². The van der Waals surface area contributed by atoms with E-state index in [1.54, 1.807) is 19.2 Å². The van der Waals surface area contributed by atoms with Gasteiger partial charge in [0.15, 0.2) is 0 Å². The lowest BCUT2D eigenvalue weighted by Gasteiger charge is -2.34. The Kier molecular flexibility index (Phi) is 7.98. The molecule has 2 aromatic carbocycles. The summed E-state index contributed by atoms with van der Waals surface area (Å²) in [6, 6.07) is 13.3. The number of halogens is 1. The summed E-state index contributed by atoms with van der Waals surface area (Å²) >= 11 is 0. The molecule has 0 amide bonds. The van der Waals surface area contributed by atoms with Crippen LogP contribution in [-0.2, 0) is 4.79 Å². The fraction of sp³-hybridized carbons (Fsp3) is 0.458. The van der Waals surface area contributed by atoms with Crippen molar-refractivity contribution in [3.8, 4) is 11.5 Å². The third-order valence-corrected chi connectivity index (χ3v) is 5.55. The summed E-state index contributed by atoms with van der Waals surface area (Å²) in [6.45, 7) is 4.94. The van der Waals surface area contributed by atoms with E-state index >= 15 is 0 Å². The molecule has 2 heterocycles. The van der Waals surface area contributed by atoms with Crippen LogP contribution in [0, 0.1) is 5.82 Å². The summed E-state index contributed by atoms with van der Waals surface area (Å²) in [4.78, 5) is 13.5. The van der Waals surface area contributed by atoms with E-state index < -0.39 is 5.97 Å². The van der Waals surface area contributed by atoms with Crippen molar-refractivity contribution in [2.45, 2.75) is 38.7 Å². The van der Waals surface area contributed by atoms with Gasteiger partial charge in [0.25, 0.3) is 5.97 Å². The first-order valence-electron chi connectivity index (χ1n) is 10.8. The molecule has 0 unspecified atom stereocenters. The smallest absolute Gasteiger partial charge is 0.300 e. The Morgan fingerprint density at radius 1 is 0.968 bits per heavy atom. The number of carboxylic acids is 1. The standard InChI is InChI=1S/C22H27FN2O2.C2H4O2/c1-26-20-8-9-21(23)22(16-20)25-14-10-19(11-15-25)27-18-6-4-17(5-7-18)24-12-2-3-13-24;1-2(3)4/h4-9,16,19H,2-3,10-15H2,1H3;1H3,(H,3,4). The van der Waals surface area contributed by atoms with E-state index in [1.165, 1.54) is 24.6 Å². The van der Waals surface area contributed by atoms with Gasteiger partial charge >= 0.3 is 0 Å². The van der Waals surface area contributed by atoms with Gasteiger partial charge in [-0.3, -0.25) is 4.79 Å². The number of aliphatic carboxylic acids is 1. The molecule has 2 fully saturated rings. The Labute approximate surface area is 183 Å². The van der Waals surface area contributed by atoms with Crippen LogP contribution < -0.4 is 19.3 Å². The zero-order valence-corrected chi connectivity index (χ0v) is 18.2. The maximum atomic E-state index is 14.2. The number of carbonyl (C=O) groups is 1. The van der Waals surface area contributed by atoms with Crippen LogP contribution in [0.15, 0.2) is 42.5 Å². The lowest BCUT2D eigenvalue weighted by Crippen LogP contribution is -2.38. The molecule has 0 spiro atoms. The van der Waals surface area contributed by atoms with Crippen molar-refractivity contribution >= 4 is 17.3 Å². The molecular weight excluding hydrogens is 399 g/mol. The van der Waals surface area contributed by atoms with Crippen molar-refractivity contribution in [3.63, 3.8) is 0 Å². The van der Waals surface area contributed by atoms with Gasteiger partial charge in [0.05, 0.1) is 12.8 Å². The SMILES string of the molecule is CC(=O)O.COc1ccc(F)c(N2CCC(Oc3ccc(N4CCCC4)cc3)CC2)c1. The van der Waals surface area contributed by atoms with Crippen LogP contribution in [0.1, 0.15) is 32.6 Å². The molecule has 0 bridgehead atoms. The zero-order valence-electron chi connectivity index (χ0n) is 18.2. The Morgan fingerprint density at radius 3 is 2.13 bits per heavy atom. The summed E-state index contributed by atoms with van der Waals surface area (Å²) in [6.07, 6.45) is 4.50. The third-order valence-electron chi connectivity index (χ3n) is 5.55. The minimum absolute atomic E-state index is 0.174. The van der Waals surface area contributed by atoms with E-state index in [0.717, 1.165) is 51.7 Å². The van der Waals surface area contributed by atoms with E-state index in [-0.39, 0.29) is 11.9 Å². The average Bonchev–Trinajstić information content (AvgIpc) is 3.30. The maximum Gasteiger partial charge on any atom is 0.300 e. The highest BCUT2D eigenvalue weighted by molar-refractivity contribution is 5.63. The summed E-state index contributed by atoms with van der Waals surface area (Å²) < 4.78 is 25.6. The van der Waals surface area contributed by atoms with Crippen LogP contribution in [0.5, 0.6) is 11.5 Å². The number of methoxy groups -OCH3 is 1. The van der Waals surface area contributed by atoms with Crippen molar-refractivity contribution in [1.82, 2.24) is 0 Å². The largest absolute Gasteiger partial charge is 0.497 e. The monoisotopic (exact) mass is 430 g/mol. The lowest BCUT2D eigenvalue weighted by atomic mass is 10.1. The number of carboxylic acid groups (broad SMARTS) is 1. The molecule has 7 heteroatoms. The number of benzene rings is 2.